The summed E-state index contributed by atoms with van der Waals surface area (Å²) in [5, 5.41) is 0. The standard InChI is InChI=1S/C12H10.C7H7N3O2/c1-3-7-11(8-4-1)12-9-5-2-6-10-12;11-5-1-2-6(12)10(5)7-8-3-4-9-7/h1-10H;3-4H,1-2H2,(H,8,9). The lowest BCUT2D eigenvalue weighted by atomic mass is 10.1. The Balaban J connectivity index is 0.000000141. The van der Waals surface area contributed by atoms with Crippen LogP contribution in [0.25, 0.3) is 11.1 Å². The van der Waals surface area contributed by atoms with Gasteiger partial charge in [0.25, 0.3) is 0 Å². The van der Waals surface area contributed by atoms with Crippen LogP contribution in [-0.4, -0.2) is 21.8 Å². The van der Waals surface area contributed by atoms with Crippen LogP contribution in [0.1, 0.15) is 12.8 Å². The van der Waals surface area contributed by atoms with Gasteiger partial charge in [-0.1, -0.05) is 60.7 Å². The van der Waals surface area contributed by atoms with Crippen molar-refractivity contribution in [3.8, 4) is 11.1 Å². The van der Waals surface area contributed by atoms with Gasteiger partial charge >= 0.3 is 0 Å². The number of nitrogens with one attached hydrogen (secondary N) is 1. The molecule has 0 aliphatic carbocycles. The highest BCUT2D eigenvalue weighted by Gasteiger charge is 2.31. The molecule has 0 radical (unpaired) electrons. The summed E-state index contributed by atoms with van der Waals surface area (Å²) in [6, 6.07) is 20.8. The number of anilines is 1. The van der Waals surface area contributed by atoms with E-state index in [-0.39, 0.29) is 11.8 Å². The number of nitrogens with zero attached hydrogens (tertiary/aromatic N) is 2. The fourth-order valence-electron chi connectivity index (χ4n) is 2.45. The zero-order chi connectivity index (χ0) is 16.8. The molecule has 0 saturated carbocycles. The van der Waals surface area contributed by atoms with Crippen molar-refractivity contribution in [1.29, 1.82) is 0 Å². The van der Waals surface area contributed by atoms with E-state index >= 15 is 0 Å². The molecule has 0 spiro atoms. The summed E-state index contributed by atoms with van der Waals surface area (Å²) in [4.78, 5) is 29.9. The number of H-pyrrole nitrogens is 1. The van der Waals surface area contributed by atoms with Gasteiger partial charge in [0.15, 0.2) is 0 Å². The largest absolute Gasteiger partial charge is 0.330 e. The van der Waals surface area contributed by atoms with Crippen molar-refractivity contribution >= 4 is 17.8 Å². The number of amides is 2. The lowest BCUT2D eigenvalue weighted by Crippen LogP contribution is -2.29. The maximum Gasteiger partial charge on any atom is 0.236 e. The van der Waals surface area contributed by atoms with Crippen molar-refractivity contribution in [2.45, 2.75) is 12.8 Å². The fourth-order valence-corrected chi connectivity index (χ4v) is 2.45. The second-order valence-corrected chi connectivity index (χ2v) is 5.27. The predicted molar refractivity (Wildman–Crippen MR) is 92.2 cm³/mol. The maximum absolute atomic E-state index is 11.1. The average molecular weight is 319 g/mol. The summed E-state index contributed by atoms with van der Waals surface area (Å²) < 4.78 is 0. The first-order valence-electron chi connectivity index (χ1n) is 7.71. The zero-order valence-electron chi connectivity index (χ0n) is 13.1. The number of aromatic nitrogens is 2. The van der Waals surface area contributed by atoms with Crippen LogP contribution in [0.3, 0.4) is 0 Å². The van der Waals surface area contributed by atoms with Crippen molar-refractivity contribution in [2.75, 3.05) is 4.90 Å². The number of hydrogen-bond donors (Lipinski definition) is 1. The van der Waals surface area contributed by atoms with Gasteiger partial charge in [0.1, 0.15) is 0 Å². The lowest BCUT2D eigenvalue weighted by Gasteiger charge is -2.08. The number of rotatable bonds is 2. The van der Waals surface area contributed by atoms with E-state index in [9.17, 15) is 9.59 Å². The number of hydrogen-bond acceptors (Lipinski definition) is 3. The molecule has 1 aromatic heterocycles. The third kappa shape index (κ3) is 3.57. The summed E-state index contributed by atoms with van der Waals surface area (Å²) >= 11 is 0. The smallest absolute Gasteiger partial charge is 0.236 e. The molecule has 0 atom stereocenters. The van der Waals surface area contributed by atoms with Crippen molar-refractivity contribution < 1.29 is 9.59 Å². The minimum Gasteiger partial charge on any atom is -0.330 e. The van der Waals surface area contributed by atoms with Crippen LogP contribution in [0.4, 0.5) is 5.95 Å². The molecule has 4 rings (SSSR count). The summed E-state index contributed by atoms with van der Waals surface area (Å²) in [5.41, 5.74) is 2.55. The van der Waals surface area contributed by atoms with E-state index in [1.54, 1.807) is 6.20 Å². The van der Waals surface area contributed by atoms with E-state index in [0.717, 1.165) is 4.90 Å². The van der Waals surface area contributed by atoms with E-state index in [4.69, 9.17) is 0 Å². The van der Waals surface area contributed by atoms with Crippen LogP contribution in [0, 0.1) is 0 Å². The molecular weight excluding hydrogens is 302 g/mol. The number of carbonyl (C=O) groups is 2. The molecule has 1 fully saturated rings. The summed E-state index contributed by atoms with van der Waals surface area (Å²) in [6.45, 7) is 0. The number of aromatic amines is 1. The first-order chi connectivity index (χ1) is 11.8. The lowest BCUT2D eigenvalue weighted by molar-refractivity contribution is -0.121. The van der Waals surface area contributed by atoms with Crippen molar-refractivity contribution in [3.63, 3.8) is 0 Å². The Morgan fingerprint density at radius 1 is 0.792 bits per heavy atom. The molecule has 1 N–H and O–H groups in total. The number of imide groups is 1. The normalized spacial score (nSPS) is 13.6. The molecule has 24 heavy (non-hydrogen) atoms. The monoisotopic (exact) mass is 319 g/mol. The highest BCUT2D eigenvalue weighted by molar-refractivity contribution is 6.18. The van der Waals surface area contributed by atoms with E-state index in [2.05, 4.69) is 58.5 Å². The average Bonchev–Trinajstić information content (AvgIpc) is 3.27. The van der Waals surface area contributed by atoms with Crippen LogP contribution >= 0.6 is 0 Å². The van der Waals surface area contributed by atoms with Crippen molar-refractivity contribution in [1.82, 2.24) is 9.97 Å². The molecule has 2 aromatic carbocycles. The van der Waals surface area contributed by atoms with Crippen molar-refractivity contribution in [3.05, 3.63) is 73.1 Å². The summed E-state index contributed by atoms with van der Waals surface area (Å²) in [6.07, 6.45) is 3.67. The van der Waals surface area contributed by atoms with Gasteiger partial charge in [0.2, 0.25) is 17.8 Å². The van der Waals surface area contributed by atoms with Gasteiger partial charge in [-0.25, -0.2) is 9.88 Å². The van der Waals surface area contributed by atoms with Crippen LogP contribution in [0.5, 0.6) is 0 Å². The molecule has 2 heterocycles. The maximum atomic E-state index is 11.1. The first-order valence-corrected chi connectivity index (χ1v) is 7.71. The Kier molecular flexibility index (Phi) is 4.81. The third-order valence-electron chi connectivity index (χ3n) is 3.63. The molecule has 5 heteroatoms. The molecule has 1 aliphatic heterocycles. The molecule has 5 nitrogen and oxygen atoms in total. The predicted octanol–water partition coefficient (Wildman–Crippen LogP) is 3.42. The Morgan fingerprint density at radius 2 is 1.29 bits per heavy atom. The zero-order valence-corrected chi connectivity index (χ0v) is 13.1. The first kappa shape index (κ1) is 15.7. The van der Waals surface area contributed by atoms with Crippen molar-refractivity contribution in [2.24, 2.45) is 0 Å². The molecule has 0 unspecified atom stereocenters. The van der Waals surface area contributed by atoms with Gasteiger partial charge in [0, 0.05) is 25.2 Å². The second kappa shape index (κ2) is 7.37. The van der Waals surface area contributed by atoms with Gasteiger partial charge in [-0.15, -0.1) is 0 Å². The molecule has 2 amide bonds. The van der Waals surface area contributed by atoms with E-state index in [1.807, 2.05) is 12.1 Å². The number of benzene rings is 2. The molecule has 3 aromatic rings. The van der Waals surface area contributed by atoms with Gasteiger partial charge in [0.05, 0.1) is 0 Å². The Hall–Kier alpha value is -3.21. The minimum absolute atomic E-state index is 0.185. The molecule has 120 valence electrons. The quantitative estimate of drug-likeness (QED) is 0.736. The van der Waals surface area contributed by atoms with Crippen LogP contribution in [0.15, 0.2) is 73.1 Å². The van der Waals surface area contributed by atoms with Crippen LogP contribution < -0.4 is 4.90 Å². The van der Waals surface area contributed by atoms with Crippen LogP contribution in [-0.2, 0) is 9.59 Å². The van der Waals surface area contributed by atoms with Gasteiger partial charge in [-0.2, -0.15) is 0 Å². The number of carbonyl (C=O) groups excluding carboxylic acids is 2. The molecule has 1 aliphatic rings. The fraction of sp³-hybridized carbons (Fsp3) is 0.105. The third-order valence-corrected chi connectivity index (χ3v) is 3.63. The number of imidazole rings is 1. The van der Waals surface area contributed by atoms with E-state index in [1.165, 1.54) is 17.3 Å². The van der Waals surface area contributed by atoms with Crippen LogP contribution in [0.2, 0.25) is 0 Å². The van der Waals surface area contributed by atoms with E-state index < -0.39 is 0 Å². The summed E-state index contributed by atoms with van der Waals surface area (Å²) in [7, 11) is 0. The topological polar surface area (TPSA) is 66.1 Å². The Bertz CT molecular complexity index is 746. The van der Waals surface area contributed by atoms with E-state index in [0.29, 0.717) is 18.8 Å². The molecule has 0 bridgehead atoms. The minimum atomic E-state index is -0.185. The molecule has 1 saturated heterocycles. The Labute approximate surface area is 140 Å². The SMILES string of the molecule is O=C1CCC(=O)N1c1ncc[nH]1.c1ccc(-c2ccccc2)cc1. The highest BCUT2D eigenvalue weighted by atomic mass is 16.2. The summed E-state index contributed by atoms with van der Waals surface area (Å²) in [5.74, 6) is -0.0487. The van der Waals surface area contributed by atoms with Gasteiger partial charge in [-0.3, -0.25) is 9.59 Å². The Morgan fingerprint density at radius 3 is 1.71 bits per heavy atom. The van der Waals surface area contributed by atoms with Gasteiger partial charge < -0.3 is 4.98 Å². The second-order valence-electron chi connectivity index (χ2n) is 5.27. The highest BCUT2D eigenvalue weighted by Crippen LogP contribution is 2.18. The van der Waals surface area contributed by atoms with Gasteiger partial charge in [-0.05, 0) is 11.1 Å². The molecular formula is C19H17N3O2.